The predicted molar refractivity (Wildman–Crippen MR) is 93.8 cm³/mol. The summed E-state index contributed by atoms with van der Waals surface area (Å²) in [6.07, 6.45) is 0. The van der Waals surface area contributed by atoms with E-state index in [4.69, 9.17) is 0 Å². The Morgan fingerprint density at radius 1 is 0.960 bits per heavy atom. The topological polar surface area (TPSA) is 70.6 Å². The van der Waals surface area contributed by atoms with Gasteiger partial charge in [-0.1, -0.05) is 51.1 Å². The van der Waals surface area contributed by atoms with Gasteiger partial charge in [-0.25, -0.2) is 14.7 Å². The van der Waals surface area contributed by atoms with Gasteiger partial charge in [0.05, 0.1) is 23.8 Å². The number of carbonyl (C=O) groups is 3. The highest BCUT2D eigenvalue weighted by Crippen LogP contribution is 2.27. The van der Waals surface area contributed by atoms with Gasteiger partial charge in [0.25, 0.3) is 0 Å². The van der Waals surface area contributed by atoms with Crippen LogP contribution in [0.4, 0.5) is 4.79 Å². The van der Waals surface area contributed by atoms with Crippen molar-refractivity contribution in [3.05, 3.63) is 52.0 Å². The number of nitrogens with zero attached hydrogens (tertiary/aromatic N) is 3. The minimum absolute atomic E-state index is 0.0152. The molecule has 1 fully saturated rings. The zero-order valence-electron chi connectivity index (χ0n) is 14.4. The molecule has 1 aliphatic heterocycles. The molecule has 3 rings (SSSR count). The van der Waals surface area contributed by atoms with E-state index in [2.05, 4.69) is 4.98 Å². The Kier molecular flexibility index (Phi) is 4.43. The molecule has 1 aliphatic rings. The van der Waals surface area contributed by atoms with Gasteiger partial charge in [-0.3, -0.25) is 14.5 Å². The average Bonchev–Trinajstić information content (AvgIpc) is 3.12. The number of hydrogen-bond acceptors (Lipinski definition) is 5. The molecule has 7 heteroatoms. The van der Waals surface area contributed by atoms with Crippen molar-refractivity contribution < 1.29 is 14.4 Å². The van der Waals surface area contributed by atoms with Gasteiger partial charge >= 0.3 is 17.8 Å². The summed E-state index contributed by atoms with van der Waals surface area (Å²) in [6.45, 7) is 6.25. The molecule has 0 atom stereocenters. The van der Waals surface area contributed by atoms with Crippen LogP contribution < -0.4 is 0 Å². The Hall–Kier alpha value is -2.54. The van der Waals surface area contributed by atoms with Crippen molar-refractivity contribution in [2.75, 3.05) is 0 Å². The lowest BCUT2D eigenvalue weighted by Gasteiger charge is -2.15. The molecule has 1 aromatic heterocycles. The Morgan fingerprint density at radius 2 is 1.56 bits per heavy atom. The molecule has 130 valence electrons. The Labute approximate surface area is 150 Å². The average molecular weight is 357 g/mol. The Morgan fingerprint density at radius 3 is 2.12 bits per heavy atom. The third-order valence-corrected chi connectivity index (χ3v) is 5.15. The van der Waals surface area contributed by atoms with Crippen LogP contribution >= 0.6 is 11.3 Å². The van der Waals surface area contributed by atoms with E-state index in [1.54, 1.807) is 0 Å². The predicted octanol–water partition coefficient (Wildman–Crippen LogP) is 2.93. The molecule has 0 N–H and O–H groups in total. The van der Waals surface area contributed by atoms with Gasteiger partial charge in [0, 0.05) is 10.8 Å². The van der Waals surface area contributed by atoms with Crippen LogP contribution in [0, 0.1) is 0 Å². The smallest absolute Gasteiger partial charge is 0.263 e. The van der Waals surface area contributed by atoms with Crippen LogP contribution in [0.15, 0.2) is 35.7 Å². The molecule has 1 aromatic carbocycles. The van der Waals surface area contributed by atoms with Crippen LogP contribution in [0.5, 0.6) is 0 Å². The monoisotopic (exact) mass is 357 g/mol. The largest absolute Gasteiger partial charge is 0.334 e. The number of rotatable bonds is 4. The van der Waals surface area contributed by atoms with Gasteiger partial charge < -0.3 is 0 Å². The third kappa shape index (κ3) is 3.46. The summed E-state index contributed by atoms with van der Waals surface area (Å²) in [6, 6.07) is 8.52. The SMILES string of the molecule is CC(C)(C)c1nc(CN2C(=O)C(=O)N(Cc3ccccc3)C2=O)cs1. The van der Waals surface area contributed by atoms with Crippen LogP contribution in [0.25, 0.3) is 0 Å². The fourth-order valence-corrected chi connectivity index (χ4v) is 3.38. The molecule has 4 amide bonds. The molecule has 0 spiro atoms. The van der Waals surface area contributed by atoms with Crippen LogP contribution in [-0.4, -0.2) is 32.6 Å². The zero-order valence-corrected chi connectivity index (χ0v) is 15.2. The second-order valence-corrected chi connectivity index (χ2v) is 7.80. The molecule has 0 radical (unpaired) electrons. The quantitative estimate of drug-likeness (QED) is 0.623. The molecule has 1 saturated heterocycles. The van der Waals surface area contributed by atoms with E-state index < -0.39 is 17.8 Å². The summed E-state index contributed by atoms with van der Waals surface area (Å²) in [5.41, 5.74) is 1.31. The van der Waals surface area contributed by atoms with E-state index in [1.165, 1.54) is 11.3 Å². The number of hydrogen-bond donors (Lipinski definition) is 0. The number of benzene rings is 1. The van der Waals surface area contributed by atoms with Crippen molar-refractivity contribution in [1.82, 2.24) is 14.8 Å². The Balaban J connectivity index is 1.76. The third-order valence-electron chi connectivity index (χ3n) is 3.83. The summed E-state index contributed by atoms with van der Waals surface area (Å²) in [5.74, 6) is -1.59. The second-order valence-electron chi connectivity index (χ2n) is 6.94. The van der Waals surface area contributed by atoms with Crippen LogP contribution in [0.3, 0.4) is 0 Å². The Bertz CT molecular complexity index is 824. The number of urea groups is 1. The van der Waals surface area contributed by atoms with Crippen molar-refractivity contribution in [3.63, 3.8) is 0 Å². The zero-order chi connectivity index (χ0) is 18.2. The second kappa shape index (κ2) is 6.40. The van der Waals surface area contributed by atoms with Crippen molar-refractivity contribution in [2.45, 2.75) is 39.3 Å². The van der Waals surface area contributed by atoms with E-state index in [1.807, 2.05) is 56.5 Å². The van der Waals surface area contributed by atoms with E-state index in [0.717, 1.165) is 20.4 Å². The summed E-state index contributed by atoms with van der Waals surface area (Å²) in [4.78, 5) is 43.4. The first-order valence-corrected chi connectivity index (χ1v) is 8.81. The number of amides is 4. The minimum Gasteiger partial charge on any atom is -0.263 e. The fourth-order valence-electron chi connectivity index (χ4n) is 2.48. The van der Waals surface area contributed by atoms with Gasteiger partial charge in [0.2, 0.25) is 0 Å². The van der Waals surface area contributed by atoms with Crippen molar-refractivity contribution in [3.8, 4) is 0 Å². The summed E-state index contributed by atoms with van der Waals surface area (Å²) in [7, 11) is 0. The molecule has 2 heterocycles. The van der Waals surface area contributed by atoms with E-state index in [9.17, 15) is 14.4 Å². The number of thiazole rings is 1. The molecular formula is C18H19N3O3S. The van der Waals surface area contributed by atoms with Crippen molar-refractivity contribution in [2.24, 2.45) is 0 Å². The first-order valence-electron chi connectivity index (χ1n) is 7.93. The van der Waals surface area contributed by atoms with Crippen molar-refractivity contribution in [1.29, 1.82) is 0 Å². The highest BCUT2D eigenvalue weighted by atomic mass is 32.1. The lowest BCUT2D eigenvalue weighted by Crippen LogP contribution is -2.32. The highest BCUT2D eigenvalue weighted by molar-refractivity contribution is 7.09. The van der Waals surface area contributed by atoms with Crippen molar-refractivity contribution >= 4 is 29.2 Å². The van der Waals surface area contributed by atoms with Gasteiger partial charge in [-0.15, -0.1) is 11.3 Å². The molecule has 2 aromatic rings. The summed E-state index contributed by atoms with van der Waals surface area (Å²) >= 11 is 1.49. The van der Waals surface area contributed by atoms with Gasteiger partial charge in [-0.2, -0.15) is 0 Å². The van der Waals surface area contributed by atoms with Crippen LogP contribution in [-0.2, 0) is 28.1 Å². The molecule has 6 nitrogen and oxygen atoms in total. The van der Waals surface area contributed by atoms with E-state index >= 15 is 0 Å². The molecule has 0 saturated carbocycles. The normalized spacial score (nSPS) is 15.4. The van der Waals surface area contributed by atoms with Gasteiger partial charge in [-0.05, 0) is 5.56 Å². The standard InChI is InChI=1S/C18H19N3O3S/c1-18(2,3)16-19-13(11-25-16)10-21-15(23)14(22)20(17(21)24)9-12-7-5-4-6-8-12/h4-8,11H,9-10H2,1-3H3. The number of imide groups is 2. The maximum Gasteiger partial charge on any atom is 0.334 e. The van der Waals surface area contributed by atoms with Gasteiger partial charge in [0.1, 0.15) is 0 Å². The lowest BCUT2D eigenvalue weighted by molar-refractivity contribution is -0.143. The molecule has 0 bridgehead atoms. The number of carbonyl (C=O) groups excluding carboxylic acids is 3. The van der Waals surface area contributed by atoms with Crippen LogP contribution in [0.2, 0.25) is 0 Å². The van der Waals surface area contributed by atoms with Crippen LogP contribution in [0.1, 0.15) is 37.0 Å². The highest BCUT2D eigenvalue weighted by Gasteiger charge is 2.44. The first kappa shape index (κ1) is 17.3. The van der Waals surface area contributed by atoms with E-state index in [-0.39, 0.29) is 18.5 Å². The molecule has 25 heavy (non-hydrogen) atoms. The minimum atomic E-state index is -0.800. The van der Waals surface area contributed by atoms with E-state index in [0.29, 0.717) is 5.69 Å². The maximum atomic E-state index is 12.5. The lowest BCUT2D eigenvalue weighted by atomic mass is 9.98. The molecule has 0 aliphatic carbocycles. The number of aromatic nitrogens is 1. The first-order chi connectivity index (χ1) is 11.8. The van der Waals surface area contributed by atoms with Gasteiger partial charge in [0.15, 0.2) is 0 Å². The summed E-state index contributed by atoms with van der Waals surface area (Å²) < 4.78 is 0. The molecule has 0 unspecified atom stereocenters. The fraction of sp³-hybridized carbons (Fsp3) is 0.333. The maximum absolute atomic E-state index is 12.5. The molecular weight excluding hydrogens is 338 g/mol. The summed E-state index contributed by atoms with van der Waals surface area (Å²) in [5, 5.41) is 2.75.